The van der Waals surface area contributed by atoms with Crippen LogP contribution in [0.3, 0.4) is 0 Å². The van der Waals surface area contributed by atoms with Gasteiger partial charge in [-0.25, -0.2) is 4.98 Å². The van der Waals surface area contributed by atoms with Crippen molar-refractivity contribution in [3.05, 3.63) is 22.7 Å². The Kier molecular flexibility index (Phi) is 3.07. The van der Waals surface area contributed by atoms with Gasteiger partial charge in [0.25, 0.3) is 5.56 Å². The first-order valence-corrected chi connectivity index (χ1v) is 6.76. The zero-order chi connectivity index (χ0) is 12.5. The summed E-state index contributed by atoms with van der Waals surface area (Å²) in [6, 6.07) is 0.754. The molecule has 2 aliphatic carbocycles. The summed E-state index contributed by atoms with van der Waals surface area (Å²) in [4.78, 5) is 18.6. The molecule has 0 bridgehead atoms. The molecule has 5 heteroatoms. The second-order valence-corrected chi connectivity index (χ2v) is 5.20. The minimum atomic E-state index is 0.000324. The second kappa shape index (κ2) is 4.72. The molecule has 0 atom stereocenters. The van der Waals surface area contributed by atoms with Crippen molar-refractivity contribution in [1.82, 2.24) is 9.55 Å². The molecule has 5 nitrogen and oxygen atoms in total. The molecule has 98 valence electrons. The molecule has 0 aliphatic heterocycles. The molecule has 0 saturated heterocycles. The maximum atomic E-state index is 12.4. The fourth-order valence-corrected chi connectivity index (χ4v) is 2.52. The van der Waals surface area contributed by atoms with Crippen molar-refractivity contribution in [2.75, 3.05) is 18.1 Å². The first-order valence-electron chi connectivity index (χ1n) is 6.76. The summed E-state index contributed by atoms with van der Waals surface area (Å²) in [6.45, 7) is 0.567. The van der Waals surface area contributed by atoms with Crippen molar-refractivity contribution in [1.29, 1.82) is 0 Å². The average Bonchev–Trinajstić information content (AvgIpc) is 3.10. The highest BCUT2D eigenvalue weighted by Crippen LogP contribution is 2.34. The molecule has 0 unspecified atom stereocenters. The number of hydrogen-bond donors (Lipinski definition) is 1. The Labute approximate surface area is 106 Å². The van der Waals surface area contributed by atoms with Crippen molar-refractivity contribution in [2.24, 2.45) is 0 Å². The average molecular weight is 249 g/mol. The largest absolute Gasteiger partial charge is 0.395 e. The van der Waals surface area contributed by atoms with Crippen molar-refractivity contribution < 1.29 is 5.11 Å². The summed E-state index contributed by atoms with van der Waals surface area (Å²) in [5.41, 5.74) is 0.000324. The van der Waals surface area contributed by atoms with Gasteiger partial charge in [-0.3, -0.25) is 4.79 Å². The molecule has 2 saturated carbocycles. The fourth-order valence-electron chi connectivity index (χ4n) is 2.52. The number of aromatic nitrogens is 2. The van der Waals surface area contributed by atoms with Crippen molar-refractivity contribution in [3.63, 3.8) is 0 Å². The number of hydrogen-bond acceptors (Lipinski definition) is 4. The lowest BCUT2D eigenvalue weighted by Gasteiger charge is -2.37. The lowest BCUT2D eigenvalue weighted by Crippen LogP contribution is -2.45. The van der Waals surface area contributed by atoms with Gasteiger partial charge >= 0.3 is 0 Å². The summed E-state index contributed by atoms with van der Waals surface area (Å²) in [6.07, 6.45) is 9.06. The Bertz CT molecular complexity index is 477. The molecule has 3 rings (SSSR count). The molecule has 1 heterocycles. The second-order valence-electron chi connectivity index (χ2n) is 5.20. The first kappa shape index (κ1) is 11.7. The van der Waals surface area contributed by atoms with E-state index in [1.54, 1.807) is 17.0 Å². The van der Waals surface area contributed by atoms with Crippen molar-refractivity contribution in [3.8, 4) is 0 Å². The van der Waals surface area contributed by atoms with E-state index in [9.17, 15) is 4.79 Å². The molecule has 2 fully saturated rings. The van der Waals surface area contributed by atoms with Crippen LogP contribution < -0.4 is 10.5 Å². The standard InChI is InChI=1S/C13H19N3O2/c17-9-8-15(10-2-1-3-10)12-13(18)16(7-6-14-12)11-4-5-11/h6-7,10-11,17H,1-5,8-9H2. The van der Waals surface area contributed by atoms with E-state index in [1.165, 1.54) is 6.42 Å². The van der Waals surface area contributed by atoms with E-state index in [2.05, 4.69) is 4.98 Å². The van der Waals surface area contributed by atoms with Gasteiger partial charge in [0, 0.05) is 31.0 Å². The highest BCUT2D eigenvalue weighted by atomic mass is 16.3. The summed E-state index contributed by atoms with van der Waals surface area (Å²) >= 11 is 0. The molecule has 1 aromatic heterocycles. The smallest absolute Gasteiger partial charge is 0.293 e. The van der Waals surface area contributed by atoms with Crippen LogP contribution in [-0.2, 0) is 0 Å². The third-order valence-electron chi connectivity index (χ3n) is 3.92. The topological polar surface area (TPSA) is 58.4 Å². The minimum absolute atomic E-state index is 0.000324. The van der Waals surface area contributed by atoms with E-state index < -0.39 is 0 Å². The summed E-state index contributed by atoms with van der Waals surface area (Å²) < 4.78 is 1.80. The van der Waals surface area contributed by atoms with Gasteiger partial charge in [0.1, 0.15) is 0 Å². The fraction of sp³-hybridized carbons (Fsp3) is 0.692. The molecular formula is C13H19N3O2. The van der Waals surface area contributed by atoms with E-state index in [0.717, 1.165) is 25.7 Å². The van der Waals surface area contributed by atoms with E-state index in [0.29, 0.717) is 24.4 Å². The lowest BCUT2D eigenvalue weighted by molar-refractivity contribution is 0.282. The normalized spacial score (nSPS) is 19.6. The number of rotatable bonds is 5. The Morgan fingerprint density at radius 3 is 2.72 bits per heavy atom. The molecular weight excluding hydrogens is 230 g/mol. The minimum Gasteiger partial charge on any atom is -0.395 e. The zero-order valence-corrected chi connectivity index (χ0v) is 10.5. The Morgan fingerprint density at radius 1 is 1.39 bits per heavy atom. The molecule has 1 N–H and O–H groups in total. The van der Waals surface area contributed by atoms with Crippen LogP contribution in [0.5, 0.6) is 0 Å². The third kappa shape index (κ3) is 2.03. The monoisotopic (exact) mass is 249 g/mol. The van der Waals surface area contributed by atoms with Crippen LogP contribution in [0.25, 0.3) is 0 Å². The van der Waals surface area contributed by atoms with Gasteiger partial charge in [0.15, 0.2) is 5.82 Å². The summed E-state index contributed by atoms with van der Waals surface area (Å²) in [7, 11) is 0. The van der Waals surface area contributed by atoms with Gasteiger partial charge in [-0.15, -0.1) is 0 Å². The van der Waals surface area contributed by atoms with Gasteiger partial charge in [0.2, 0.25) is 0 Å². The van der Waals surface area contributed by atoms with Crippen molar-refractivity contribution in [2.45, 2.75) is 44.2 Å². The third-order valence-corrected chi connectivity index (χ3v) is 3.92. The van der Waals surface area contributed by atoms with Crippen LogP contribution in [0.2, 0.25) is 0 Å². The number of aliphatic hydroxyl groups excluding tert-OH is 1. The van der Waals surface area contributed by atoms with Gasteiger partial charge in [-0.2, -0.15) is 0 Å². The van der Waals surface area contributed by atoms with E-state index in [-0.39, 0.29) is 12.2 Å². The molecule has 1 aromatic rings. The van der Waals surface area contributed by atoms with Crippen LogP contribution in [0.1, 0.15) is 38.1 Å². The Balaban J connectivity index is 1.92. The highest BCUT2D eigenvalue weighted by Gasteiger charge is 2.30. The van der Waals surface area contributed by atoms with E-state index >= 15 is 0 Å². The molecule has 0 radical (unpaired) electrons. The summed E-state index contributed by atoms with van der Waals surface area (Å²) in [5, 5.41) is 9.17. The van der Waals surface area contributed by atoms with Gasteiger partial charge in [0.05, 0.1) is 6.61 Å². The Morgan fingerprint density at radius 2 is 2.17 bits per heavy atom. The quantitative estimate of drug-likeness (QED) is 0.843. The van der Waals surface area contributed by atoms with Crippen LogP contribution in [-0.4, -0.2) is 33.9 Å². The molecule has 2 aliphatic rings. The highest BCUT2D eigenvalue weighted by molar-refractivity contribution is 5.38. The molecule has 0 spiro atoms. The maximum absolute atomic E-state index is 12.4. The number of nitrogens with zero attached hydrogens (tertiary/aromatic N) is 3. The summed E-state index contributed by atoms with van der Waals surface area (Å²) in [5.74, 6) is 0.517. The van der Waals surface area contributed by atoms with Gasteiger partial charge < -0.3 is 14.6 Å². The van der Waals surface area contributed by atoms with E-state index in [1.807, 2.05) is 4.90 Å². The van der Waals surface area contributed by atoms with Crippen LogP contribution >= 0.6 is 0 Å². The van der Waals surface area contributed by atoms with Gasteiger partial charge in [-0.1, -0.05) is 0 Å². The van der Waals surface area contributed by atoms with Gasteiger partial charge in [-0.05, 0) is 32.1 Å². The number of aliphatic hydroxyl groups is 1. The molecule has 0 amide bonds. The van der Waals surface area contributed by atoms with Crippen molar-refractivity contribution >= 4 is 5.82 Å². The lowest BCUT2D eigenvalue weighted by atomic mass is 9.91. The van der Waals surface area contributed by atoms with Crippen LogP contribution in [0.4, 0.5) is 5.82 Å². The Hall–Kier alpha value is -1.36. The number of anilines is 1. The first-order chi connectivity index (χ1) is 8.81. The SMILES string of the molecule is O=c1c(N(CCO)C2CCC2)nccn1C1CC1. The van der Waals surface area contributed by atoms with Crippen LogP contribution in [0, 0.1) is 0 Å². The predicted octanol–water partition coefficient (Wildman–Crippen LogP) is 0.929. The van der Waals surface area contributed by atoms with Crippen LogP contribution in [0.15, 0.2) is 17.2 Å². The molecule has 0 aromatic carbocycles. The predicted molar refractivity (Wildman–Crippen MR) is 68.8 cm³/mol. The van der Waals surface area contributed by atoms with E-state index in [4.69, 9.17) is 5.11 Å². The maximum Gasteiger partial charge on any atom is 0.293 e. The molecule has 18 heavy (non-hydrogen) atoms. The zero-order valence-electron chi connectivity index (χ0n) is 10.5.